The molecule has 4 atom stereocenters. The highest BCUT2D eigenvalue weighted by Gasteiger charge is 2.31. The van der Waals surface area contributed by atoms with Gasteiger partial charge >= 0.3 is 18.0 Å². The molecule has 5 N–H and O–H groups in total. The van der Waals surface area contributed by atoms with Gasteiger partial charge in [0.25, 0.3) is 0 Å². The van der Waals surface area contributed by atoms with Gasteiger partial charge in [0.15, 0.2) is 0 Å². The standard InChI is InChI=1S/C31H41N3O9/c1-31(2,3)43-30(41)34-23(17-20-11-7-5-8-12-20)25(35)19-26(36)32-22(15-16-27(37)38)28(39)33-24(29(40)42-4)18-21-13-9-6-10-14-21/h5-14,22-25,35H,15-19H2,1-4H3,(H,32,36)(H,33,39)(H,34,41)(H,37,38)/t22-,23-,24-,25-/m0/s1. The van der Waals surface area contributed by atoms with Crippen LogP contribution in [0.25, 0.3) is 0 Å². The third-order valence-electron chi connectivity index (χ3n) is 6.24. The van der Waals surface area contributed by atoms with Gasteiger partial charge in [0.1, 0.15) is 17.7 Å². The van der Waals surface area contributed by atoms with E-state index in [1.807, 2.05) is 6.07 Å². The Bertz CT molecular complexity index is 1220. The van der Waals surface area contributed by atoms with Crippen molar-refractivity contribution >= 4 is 29.8 Å². The van der Waals surface area contributed by atoms with Gasteiger partial charge in [0.05, 0.1) is 25.7 Å². The molecule has 12 heteroatoms. The van der Waals surface area contributed by atoms with E-state index < -0.39 is 72.5 Å². The summed E-state index contributed by atoms with van der Waals surface area (Å²) in [7, 11) is 1.18. The number of aliphatic hydroxyl groups is 1. The Morgan fingerprint density at radius 1 is 0.814 bits per heavy atom. The van der Waals surface area contributed by atoms with Crippen LogP contribution in [0, 0.1) is 0 Å². The van der Waals surface area contributed by atoms with Gasteiger partial charge in [0.2, 0.25) is 11.8 Å². The van der Waals surface area contributed by atoms with Crippen LogP contribution in [0.15, 0.2) is 60.7 Å². The molecule has 234 valence electrons. The minimum atomic E-state index is -1.39. The number of rotatable bonds is 15. The first kappa shape index (κ1) is 34.7. The number of carboxylic acid groups (broad SMARTS) is 1. The Morgan fingerprint density at radius 2 is 1.37 bits per heavy atom. The van der Waals surface area contributed by atoms with Crippen LogP contribution in [-0.4, -0.2) is 77.0 Å². The van der Waals surface area contributed by atoms with Crippen molar-refractivity contribution < 1.29 is 43.7 Å². The lowest BCUT2D eigenvalue weighted by Crippen LogP contribution is -2.53. The molecule has 0 unspecified atom stereocenters. The number of carbonyl (C=O) groups excluding carboxylic acids is 4. The second-order valence-corrected chi connectivity index (χ2v) is 11.0. The molecule has 43 heavy (non-hydrogen) atoms. The Labute approximate surface area is 251 Å². The predicted molar refractivity (Wildman–Crippen MR) is 157 cm³/mol. The lowest BCUT2D eigenvalue weighted by molar-refractivity contribution is -0.145. The molecular formula is C31H41N3O9. The number of benzene rings is 2. The highest BCUT2D eigenvalue weighted by molar-refractivity contribution is 5.91. The molecule has 0 saturated carbocycles. The van der Waals surface area contributed by atoms with Crippen molar-refractivity contribution in [3.63, 3.8) is 0 Å². The first-order valence-corrected chi connectivity index (χ1v) is 13.9. The van der Waals surface area contributed by atoms with E-state index in [2.05, 4.69) is 16.0 Å². The van der Waals surface area contributed by atoms with Crippen molar-refractivity contribution in [2.24, 2.45) is 0 Å². The van der Waals surface area contributed by atoms with Crippen LogP contribution >= 0.6 is 0 Å². The Morgan fingerprint density at radius 3 is 1.88 bits per heavy atom. The van der Waals surface area contributed by atoms with E-state index in [9.17, 15) is 34.2 Å². The summed E-state index contributed by atoms with van der Waals surface area (Å²) in [5.74, 6) is -3.46. The molecule has 2 aromatic carbocycles. The predicted octanol–water partition coefficient (Wildman–Crippen LogP) is 2.12. The molecule has 0 aliphatic carbocycles. The molecule has 3 amide bonds. The number of aliphatic hydroxyl groups excluding tert-OH is 1. The van der Waals surface area contributed by atoms with Gasteiger partial charge in [-0.2, -0.15) is 0 Å². The van der Waals surface area contributed by atoms with Crippen LogP contribution in [-0.2, 0) is 41.5 Å². The van der Waals surface area contributed by atoms with E-state index in [0.29, 0.717) is 0 Å². The van der Waals surface area contributed by atoms with E-state index in [0.717, 1.165) is 11.1 Å². The lowest BCUT2D eigenvalue weighted by Gasteiger charge is -2.27. The number of nitrogens with one attached hydrogen (secondary N) is 3. The van der Waals surface area contributed by atoms with Crippen molar-refractivity contribution in [2.45, 2.75) is 82.7 Å². The van der Waals surface area contributed by atoms with Gasteiger partial charge in [-0.15, -0.1) is 0 Å². The fourth-order valence-corrected chi connectivity index (χ4v) is 4.19. The highest BCUT2D eigenvalue weighted by atomic mass is 16.6. The van der Waals surface area contributed by atoms with Crippen LogP contribution in [0.1, 0.15) is 51.2 Å². The summed E-state index contributed by atoms with van der Waals surface area (Å²) in [5, 5.41) is 27.8. The molecule has 2 aromatic rings. The van der Waals surface area contributed by atoms with Gasteiger partial charge in [-0.3, -0.25) is 14.4 Å². The summed E-state index contributed by atoms with van der Waals surface area (Å²) in [5.41, 5.74) is 0.736. The van der Waals surface area contributed by atoms with Crippen LogP contribution in [0.5, 0.6) is 0 Å². The molecule has 0 aromatic heterocycles. The zero-order chi connectivity index (χ0) is 32.0. The minimum Gasteiger partial charge on any atom is -0.481 e. The maximum Gasteiger partial charge on any atom is 0.407 e. The molecule has 0 aliphatic rings. The Balaban J connectivity index is 2.16. The number of hydrogen-bond donors (Lipinski definition) is 5. The second kappa shape index (κ2) is 16.9. The number of amides is 3. The van der Waals surface area contributed by atoms with Crippen LogP contribution in [0.2, 0.25) is 0 Å². The Hall–Kier alpha value is -4.45. The summed E-state index contributed by atoms with van der Waals surface area (Å²) < 4.78 is 10.1. The summed E-state index contributed by atoms with van der Waals surface area (Å²) in [4.78, 5) is 62.4. The van der Waals surface area contributed by atoms with Crippen LogP contribution < -0.4 is 16.0 Å². The van der Waals surface area contributed by atoms with E-state index in [1.165, 1.54) is 7.11 Å². The minimum absolute atomic E-state index is 0.106. The lowest BCUT2D eigenvalue weighted by atomic mass is 9.98. The number of carboxylic acids is 1. The molecule has 0 aliphatic heterocycles. The average molecular weight is 600 g/mol. The maximum absolute atomic E-state index is 13.2. The number of methoxy groups -OCH3 is 1. The van der Waals surface area contributed by atoms with Crippen molar-refractivity contribution in [3.8, 4) is 0 Å². The smallest absolute Gasteiger partial charge is 0.407 e. The Kier molecular flexibility index (Phi) is 13.6. The van der Waals surface area contributed by atoms with Gasteiger partial charge in [-0.1, -0.05) is 60.7 Å². The highest BCUT2D eigenvalue weighted by Crippen LogP contribution is 2.13. The van der Waals surface area contributed by atoms with Gasteiger partial charge in [-0.25, -0.2) is 9.59 Å². The monoisotopic (exact) mass is 599 g/mol. The summed E-state index contributed by atoms with van der Waals surface area (Å²) in [6.45, 7) is 5.07. The largest absolute Gasteiger partial charge is 0.481 e. The molecule has 0 radical (unpaired) electrons. The number of ether oxygens (including phenoxy) is 2. The topological polar surface area (TPSA) is 180 Å². The van der Waals surface area contributed by atoms with Crippen molar-refractivity contribution in [2.75, 3.05) is 7.11 Å². The summed E-state index contributed by atoms with van der Waals surface area (Å²) in [6, 6.07) is 14.5. The SMILES string of the molecule is COC(=O)[C@H](Cc1ccccc1)NC(=O)[C@H](CCC(=O)O)NC(=O)C[C@H](O)[C@H](Cc1ccccc1)NC(=O)OC(C)(C)C. The van der Waals surface area contributed by atoms with Crippen LogP contribution in [0.3, 0.4) is 0 Å². The zero-order valence-electron chi connectivity index (χ0n) is 24.9. The van der Waals surface area contributed by atoms with E-state index in [-0.39, 0.29) is 19.3 Å². The van der Waals surface area contributed by atoms with Gasteiger partial charge in [0, 0.05) is 12.8 Å². The van der Waals surface area contributed by atoms with E-state index in [4.69, 9.17) is 9.47 Å². The van der Waals surface area contributed by atoms with Gasteiger partial charge in [-0.05, 0) is 44.7 Å². The molecule has 0 bridgehead atoms. The van der Waals surface area contributed by atoms with Crippen molar-refractivity contribution in [1.29, 1.82) is 0 Å². The molecule has 0 saturated heterocycles. The zero-order valence-corrected chi connectivity index (χ0v) is 24.9. The normalized spacial score (nSPS) is 13.9. The molecule has 2 rings (SSSR count). The van der Waals surface area contributed by atoms with Crippen LogP contribution in [0.4, 0.5) is 4.79 Å². The first-order valence-electron chi connectivity index (χ1n) is 13.9. The summed E-state index contributed by atoms with van der Waals surface area (Å²) >= 11 is 0. The molecule has 12 nitrogen and oxygen atoms in total. The summed E-state index contributed by atoms with van der Waals surface area (Å²) in [6.07, 6.45) is -3.12. The number of hydrogen-bond acceptors (Lipinski definition) is 8. The third-order valence-corrected chi connectivity index (χ3v) is 6.24. The fraction of sp³-hybridized carbons (Fsp3) is 0.452. The number of alkyl carbamates (subject to hydrolysis) is 1. The van der Waals surface area contributed by atoms with Gasteiger partial charge < -0.3 is 35.6 Å². The quantitative estimate of drug-likeness (QED) is 0.192. The first-order chi connectivity index (χ1) is 20.3. The van der Waals surface area contributed by atoms with E-state index >= 15 is 0 Å². The second-order valence-electron chi connectivity index (χ2n) is 11.0. The third kappa shape index (κ3) is 13.4. The van der Waals surface area contributed by atoms with Crippen molar-refractivity contribution in [3.05, 3.63) is 71.8 Å². The number of esters is 1. The van der Waals surface area contributed by atoms with E-state index in [1.54, 1.807) is 75.4 Å². The molecule has 0 spiro atoms. The maximum atomic E-state index is 13.2. The number of carbonyl (C=O) groups is 5. The molecule has 0 heterocycles. The molecule has 0 fully saturated rings. The number of aliphatic carboxylic acids is 1. The fourth-order valence-electron chi connectivity index (χ4n) is 4.19. The molecular weight excluding hydrogens is 558 g/mol. The van der Waals surface area contributed by atoms with Crippen molar-refractivity contribution in [1.82, 2.24) is 16.0 Å². The average Bonchev–Trinajstić information content (AvgIpc) is 2.94.